The van der Waals surface area contributed by atoms with Crippen molar-refractivity contribution in [2.45, 2.75) is 39.7 Å². The number of methoxy groups -OCH3 is 1. The highest BCUT2D eigenvalue weighted by Crippen LogP contribution is 2.26. The van der Waals surface area contributed by atoms with Gasteiger partial charge in [-0.25, -0.2) is 14.6 Å². The molecule has 4 heterocycles. The van der Waals surface area contributed by atoms with Crippen LogP contribution in [0.25, 0.3) is 16.7 Å². The molecule has 4 rings (SSSR count). The quantitative estimate of drug-likeness (QED) is 0.659. The molecule has 3 aromatic heterocycles. The summed E-state index contributed by atoms with van der Waals surface area (Å²) in [7, 11) is 1.57. The van der Waals surface area contributed by atoms with Gasteiger partial charge < -0.3 is 15.0 Å². The Bertz CT molecular complexity index is 1170. The Hall–Kier alpha value is -3.49. The van der Waals surface area contributed by atoms with E-state index in [1.54, 1.807) is 48.9 Å². The molecule has 0 radical (unpaired) electrons. The van der Waals surface area contributed by atoms with E-state index in [0.717, 1.165) is 23.3 Å². The zero-order valence-electron chi connectivity index (χ0n) is 19.0. The van der Waals surface area contributed by atoms with E-state index >= 15 is 0 Å². The Morgan fingerprint density at radius 2 is 2.03 bits per heavy atom. The van der Waals surface area contributed by atoms with Crippen molar-refractivity contribution in [1.82, 2.24) is 30.0 Å². The van der Waals surface area contributed by atoms with Crippen LogP contribution >= 0.6 is 0 Å². The first-order chi connectivity index (χ1) is 15.2. The van der Waals surface area contributed by atoms with Gasteiger partial charge in [0.15, 0.2) is 0 Å². The summed E-state index contributed by atoms with van der Waals surface area (Å²) in [5.74, 6) is 0.452. The lowest BCUT2D eigenvalue weighted by atomic mass is 9.98. The van der Waals surface area contributed by atoms with E-state index in [-0.39, 0.29) is 11.8 Å². The molecule has 2 amide bonds. The number of hydrogen-bond acceptors (Lipinski definition) is 6. The Labute approximate surface area is 186 Å². The van der Waals surface area contributed by atoms with Gasteiger partial charge in [-0.05, 0) is 44.4 Å². The van der Waals surface area contributed by atoms with Crippen molar-refractivity contribution < 1.29 is 14.3 Å². The molecule has 0 spiro atoms. The molecule has 9 nitrogen and oxygen atoms in total. The zero-order chi connectivity index (χ0) is 23.0. The smallest absolute Gasteiger partial charge is 0.273 e. The third-order valence-electron chi connectivity index (χ3n) is 5.69. The van der Waals surface area contributed by atoms with Gasteiger partial charge in [0.2, 0.25) is 11.8 Å². The molecular weight excluding hydrogens is 408 g/mol. The van der Waals surface area contributed by atoms with Crippen LogP contribution in [0.1, 0.15) is 43.9 Å². The maximum atomic E-state index is 13.3. The maximum Gasteiger partial charge on any atom is 0.273 e. The van der Waals surface area contributed by atoms with Gasteiger partial charge in [-0.2, -0.15) is 5.10 Å². The van der Waals surface area contributed by atoms with Crippen LogP contribution in [0.5, 0.6) is 5.88 Å². The zero-order valence-corrected chi connectivity index (χ0v) is 19.0. The molecule has 1 N–H and O–H groups in total. The lowest BCUT2D eigenvalue weighted by molar-refractivity contribution is -0.133. The van der Waals surface area contributed by atoms with Crippen molar-refractivity contribution >= 4 is 22.8 Å². The molecular formula is C23H28N6O3. The van der Waals surface area contributed by atoms with Gasteiger partial charge in [0.25, 0.3) is 5.91 Å². The molecule has 0 unspecified atom stereocenters. The minimum absolute atomic E-state index is 0.168. The first-order valence-corrected chi connectivity index (χ1v) is 10.7. The number of aromatic nitrogens is 4. The number of carbonyl (C=O) groups excluding carboxylic acids is 2. The van der Waals surface area contributed by atoms with Gasteiger partial charge in [-0.3, -0.25) is 9.59 Å². The van der Waals surface area contributed by atoms with Gasteiger partial charge >= 0.3 is 0 Å². The van der Waals surface area contributed by atoms with Crippen LogP contribution in [0.2, 0.25) is 0 Å². The molecule has 3 aromatic rings. The number of hydrogen-bond donors (Lipinski definition) is 1. The fourth-order valence-corrected chi connectivity index (χ4v) is 3.91. The number of nitrogens with one attached hydrogen (secondary N) is 1. The van der Waals surface area contributed by atoms with Crippen molar-refractivity contribution in [1.29, 1.82) is 0 Å². The van der Waals surface area contributed by atoms with Crippen LogP contribution < -0.4 is 10.1 Å². The average molecular weight is 437 g/mol. The standard InChI is InChI=1S/C23H28N6O3/c1-14(2)12-17-20-18(29(27-17)15-6-9-19(32-5)25-13-15)8-7-16(26-20)21(30)28-11-10-24-22(31)23(28,3)4/h6-9,13-14H,10-12H2,1-5H3,(H,24,31). The van der Waals surface area contributed by atoms with Crippen molar-refractivity contribution in [2.75, 3.05) is 20.2 Å². The van der Waals surface area contributed by atoms with Crippen LogP contribution in [-0.4, -0.2) is 62.2 Å². The highest BCUT2D eigenvalue weighted by molar-refractivity contribution is 5.99. The summed E-state index contributed by atoms with van der Waals surface area (Å²) in [5.41, 5.74) is 2.43. The topological polar surface area (TPSA) is 102 Å². The Kier molecular flexibility index (Phi) is 5.58. The Balaban J connectivity index is 1.78. The molecule has 0 saturated carbocycles. The number of nitrogens with zero attached hydrogens (tertiary/aromatic N) is 5. The molecule has 1 saturated heterocycles. The first kappa shape index (κ1) is 21.7. The average Bonchev–Trinajstić information content (AvgIpc) is 3.12. The fraction of sp³-hybridized carbons (Fsp3) is 0.435. The number of carbonyl (C=O) groups is 2. The van der Waals surface area contributed by atoms with Gasteiger partial charge in [-0.1, -0.05) is 13.8 Å². The van der Waals surface area contributed by atoms with Crippen LogP contribution in [-0.2, 0) is 11.2 Å². The van der Waals surface area contributed by atoms with Crippen molar-refractivity contribution in [3.8, 4) is 11.6 Å². The second-order valence-electron chi connectivity index (χ2n) is 8.85. The van der Waals surface area contributed by atoms with E-state index < -0.39 is 5.54 Å². The van der Waals surface area contributed by atoms with Gasteiger partial charge in [0.05, 0.1) is 30.2 Å². The highest BCUT2D eigenvalue weighted by Gasteiger charge is 2.41. The van der Waals surface area contributed by atoms with Crippen molar-refractivity contribution in [3.05, 3.63) is 41.9 Å². The molecule has 9 heteroatoms. The normalized spacial score (nSPS) is 15.8. The van der Waals surface area contributed by atoms with Crippen LogP contribution in [0.3, 0.4) is 0 Å². The fourth-order valence-electron chi connectivity index (χ4n) is 3.91. The second-order valence-corrected chi connectivity index (χ2v) is 8.85. The first-order valence-electron chi connectivity index (χ1n) is 10.7. The third-order valence-corrected chi connectivity index (χ3v) is 5.69. The van der Waals surface area contributed by atoms with E-state index in [9.17, 15) is 9.59 Å². The van der Waals surface area contributed by atoms with Crippen LogP contribution in [0.4, 0.5) is 0 Å². The molecule has 0 bridgehead atoms. The predicted molar refractivity (Wildman–Crippen MR) is 120 cm³/mol. The predicted octanol–water partition coefficient (Wildman–Crippen LogP) is 2.37. The SMILES string of the molecule is COc1ccc(-n2nc(CC(C)C)c3nc(C(=O)N4CCNC(=O)C4(C)C)ccc32)cn1. The number of ether oxygens (including phenoxy) is 1. The molecule has 0 aromatic carbocycles. The van der Waals surface area contributed by atoms with Crippen LogP contribution in [0, 0.1) is 5.92 Å². The van der Waals surface area contributed by atoms with E-state index in [1.807, 2.05) is 12.1 Å². The van der Waals surface area contributed by atoms with Gasteiger partial charge in [0.1, 0.15) is 16.7 Å². The molecule has 1 fully saturated rings. The Morgan fingerprint density at radius 3 is 2.69 bits per heavy atom. The molecule has 1 aliphatic heterocycles. The van der Waals surface area contributed by atoms with E-state index in [4.69, 9.17) is 14.8 Å². The monoisotopic (exact) mass is 436 g/mol. The number of amides is 2. The molecule has 168 valence electrons. The lowest BCUT2D eigenvalue weighted by Crippen LogP contribution is -2.63. The van der Waals surface area contributed by atoms with Crippen molar-refractivity contribution in [3.63, 3.8) is 0 Å². The summed E-state index contributed by atoms with van der Waals surface area (Å²) >= 11 is 0. The highest BCUT2D eigenvalue weighted by atomic mass is 16.5. The van der Waals surface area contributed by atoms with E-state index in [2.05, 4.69) is 24.1 Å². The minimum Gasteiger partial charge on any atom is -0.481 e. The summed E-state index contributed by atoms with van der Waals surface area (Å²) in [6, 6.07) is 7.21. The van der Waals surface area contributed by atoms with E-state index in [1.165, 1.54) is 0 Å². The number of pyridine rings is 2. The second kappa shape index (κ2) is 8.22. The summed E-state index contributed by atoms with van der Waals surface area (Å²) < 4.78 is 6.94. The number of fused-ring (bicyclic) bond motifs is 1. The molecule has 1 aliphatic rings. The summed E-state index contributed by atoms with van der Waals surface area (Å²) in [5, 5.41) is 7.61. The molecule has 0 aliphatic carbocycles. The molecule has 0 atom stereocenters. The Morgan fingerprint density at radius 1 is 1.25 bits per heavy atom. The summed E-state index contributed by atoms with van der Waals surface area (Å²) in [4.78, 5) is 36.2. The maximum absolute atomic E-state index is 13.3. The van der Waals surface area contributed by atoms with Gasteiger partial charge in [0, 0.05) is 19.2 Å². The summed E-state index contributed by atoms with van der Waals surface area (Å²) in [6.45, 7) is 8.59. The van der Waals surface area contributed by atoms with Crippen LogP contribution in [0.15, 0.2) is 30.5 Å². The lowest BCUT2D eigenvalue weighted by Gasteiger charge is -2.40. The van der Waals surface area contributed by atoms with E-state index in [0.29, 0.717) is 36.1 Å². The largest absolute Gasteiger partial charge is 0.481 e. The third kappa shape index (κ3) is 3.79. The minimum atomic E-state index is -0.939. The molecule has 32 heavy (non-hydrogen) atoms. The summed E-state index contributed by atoms with van der Waals surface area (Å²) in [6.07, 6.45) is 2.41. The van der Waals surface area contributed by atoms with Gasteiger partial charge in [-0.15, -0.1) is 0 Å². The number of rotatable bonds is 5. The van der Waals surface area contributed by atoms with Crippen molar-refractivity contribution in [2.24, 2.45) is 5.92 Å². The number of piperazine rings is 1.